The van der Waals surface area contributed by atoms with Crippen LogP contribution in [0.25, 0.3) is 11.4 Å². The van der Waals surface area contributed by atoms with Gasteiger partial charge in [-0.2, -0.15) is 0 Å². The van der Waals surface area contributed by atoms with Gasteiger partial charge in [0, 0.05) is 28.0 Å². The fraction of sp³-hybridized carbons (Fsp3) is 0.276. The standard InChI is InChI=1S/C29H27ClF2N4O3S/c1-16-5-8-19(9-6-16)36-25(29(2,3)18-7-10-21(30)24(13-18)38-4)14-33-27(36)40-15-20-22(31)11-17(12-23(20)32)26-34-28(37)39-35-26/h5-13,25H,14-15H2,1-4H3,(H,34,35,37). The summed E-state index contributed by atoms with van der Waals surface area (Å²) < 4.78 is 40.0. The Kier molecular flexibility index (Phi) is 7.74. The first-order valence-electron chi connectivity index (χ1n) is 12.5. The maximum Gasteiger partial charge on any atom is 0.439 e. The highest BCUT2D eigenvalue weighted by Gasteiger charge is 2.41. The summed E-state index contributed by atoms with van der Waals surface area (Å²) in [5, 5.41) is 4.69. The molecule has 0 fully saturated rings. The summed E-state index contributed by atoms with van der Waals surface area (Å²) >= 11 is 7.55. The summed E-state index contributed by atoms with van der Waals surface area (Å²) in [5.41, 5.74) is 2.65. The zero-order valence-electron chi connectivity index (χ0n) is 22.3. The lowest BCUT2D eigenvalue weighted by Crippen LogP contribution is -2.48. The fourth-order valence-electron chi connectivity index (χ4n) is 4.74. The minimum atomic E-state index is -0.805. The van der Waals surface area contributed by atoms with Crippen LogP contribution in [-0.2, 0) is 11.2 Å². The molecule has 0 amide bonds. The molecule has 1 atom stereocenters. The van der Waals surface area contributed by atoms with Crippen molar-refractivity contribution in [1.82, 2.24) is 10.1 Å². The molecule has 0 bridgehead atoms. The molecule has 11 heteroatoms. The third-order valence-electron chi connectivity index (χ3n) is 7.16. The van der Waals surface area contributed by atoms with Crippen LogP contribution in [0, 0.1) is 18.6 Å². The minimum absolute atomic E-state index is 0.0103. The molecule has 0 saturated carbocycles. The number of aromatic amines is 1. The van der Waals surface area contributed by atoms with Gasteiger partial charge in [-0.25, -0.2) is 13.6 Å². The molecule has 1 N–H and O–H groups in total. The number of methoxy groups -OCH3 is 1. The summed E-state index contributed by atoms with van der Waals surface area (Å²) in [4.78, 5) is 20.5. The fourth-order valence-corrected chi connectivity index (χ4v) is 6.02. The van der Waals surface area contributed by atoms with Crippen LogP contribution in [0.2, 0.25) is 5.02 Å². The first kappa shape index (κ1) is 27.9. The van der Waals surface area contributed by atoms with Crippen LogP contribution in [-0.4, -0.2) is 35.0 Å². The van der Waals surface area contributed by atoms with Crippen molar-refractivity contribution in [1.29, 1.82) is 0 Å². The van der Waals surface area contributed by atoms with E-state index in [9.17, 15) is 4.79 Å². The van der Waals surface area contributed by atoms with Gasteiger partial charge >= 0.3 is 5.76 Å². The van der Waals surface area contributed by atoms with Crippen LogP contribution in [0.4, 0.5) is 14.5 Å². The smallest absolute Gasteiger partial charge is 0.439 e. The summed E-state index contributed by atoms with van der Waals surface area (Å²) in [7, 11) is 1.58. The van der Waals surface area contributed by atoms with E-state index in [1.807, 2.05) is 49.4 Å². The number of hydrogen-bond acceptors (Lipinski definition) is 7. The molecule has 1 aliphatic rings. The van der Waals surface area contributed by atoms with Gasteiger partial charge in [-0.15, -0.1) is 0 Å². The molecule has 3 aromatic carbocycles. The summed E-state index contributed by atoms with van der Waals surface area (Å²) in [5.74, 6) is -1.76. The molecule has 1 aromatic heterocycles. The number of aromatic nitrogens is 2. The van der Waals surface area contributed by atoms with Crippen molar-refractivity contribution in [3.05, 3.63) is 98.5 Å². The highest BCUT2D eigenvalue weighted by molar-refractivity contribution is 8.13. The SMILES string of the molecule is COc1cc(C(C)(C)C2CN=C(SCc3c(F)cc(-c4noc(=O)[nH]4)cc3F)N2c2ccc(C)cc2)ccc1Cl. The van der Waals surface area contributed by atoms with E-state index in [4.69, 9.17) is 21.3 Å². The Morgan fingerprint density at radius 3 is 2.48 bits per heavy atom. The first-order chi connectivity index (χ1) is 19.1. The molecule has 0 aliphatic carbocycles. The van der Waals surface area contributed by atoms with Crippen molar-refractivity contribution >= 4 is 34.2 Å². The minimum Gasteiger partial charge on any atom is -0.495 e. The number of nitrogens with zero attached hydrogens (tertiary/aromatic N) is 3. The number of aryl methyl sites for hydroxylation is 1. The molecule has 7 nitrogen and oxygen atoms in total. The summed E-state index contributed by atoms with van der Waals surface area (Å²) in [6.45, 7) is 6.77. The molecule has 5 rings (SSSR count). The lowest BCUT2D eigenvalue weighted by molar-refractivity contribution is 0.388. The second-order valence-electron chi connectivity index (χ2n) is 10.1. The number of thioether (sulfide) groups is 1. The molecule has 1 aliphatic heterocycles. The van der Waals surface area contributed by atoms with Gasteiger partial charge in [0.1, 0.15) is 17.4 Å². The maximum absolute atomic E-state index is 15.1. The van der Waals surface area contributed by atoms with Crippen molar-refractivity contribution in [2.45, 2.75) is 38.0 Å². The van der Waals surface area contributed by atoms with Crippen LogP contribution in [0.1, 0.15) is 30.5 Å². The van der Waals surface area contributed by atoms with E-state index < -0.39 is 22.8 Å². The molecule has 0 saturated heterocycles. The summed E-state index contributed by atoms with van der Waals surface area (Å²) in [6.07, 6.45) is 0. The molecule has 2 heterocycles. The average Bonchev–Trinajstić information content (AvgIpc) is 3.55. The Labute approximate surface area is 239 Å². The quantitative estimate of drug-likeness (QED) is 0.259. The molecule has 208 valence electrons. The van der Waals surface area contributed by atoms with Crippen LogP contribution in [0.5, 0.6) is 5.75 Å². The predicted octanol–water partition coefficient (Wildman–Crippen LogP) is 6.73. The Morgan fingerprint density at radius 2 is 1.85 bits per heavy atom. The molecular weight excluding hydrogens is 558 g/mol. The molecule has 0 radical (unpaired) electrons. The van der Waals surface area contributed by atoms with Crippen molar-refractivity contribution in [2.24, 2.45) is 4.99 Å². The van der Waals surface area contributed by atoms with Crippen molar-refractivity contribution < 1.29 is 18.0 Å². The zero-order valence-corrected chi connectivity index (χ0v) is 23.9. The second kappa shape index (κ2) is 11.1. The van der Waals surface area contributed by atoms with Gasteiger partial charge in [0.2, 0.25) is 0 Å². The van der Waals surface area contributed by atoms with Gasteiger partial charge in [0.05, 0.1) is 24.7 Å². The average molecular weight is 585 g/mol. The Hall–Kier alpha value is -3.63. The third-order valence-corrected chi connectivity index (χ3v) is 8.49. The van der Waals surface area contributed by atoms with Gasteiger partial charge in [-0.05, 0) is 48.9 Å². The van der Waals surface area contributed by atoms with E-state index in [0.717, 1.165) is 28.9 Å². The number of hydrogen-bond donors (Lipinski definition) is 1. The lowest BCUT2D eigenvalue weighted by atomic mass is 9.77. The van der Waals surface area contributed by atoms with Gasteiger partial charge < -0.3 is 9.64 Å². The number of nitrogens with one attached hydrogen (secondary N) is 1. The van der Waals surface area contributed by atoms with Gasteiger partial charge in [0.15, 0.2) is 11.0 Å². The Bertz CT molecular complexity index is 1610. The van der Waals surface area contributed by atoms with E-state index in [1.54, 1.807) is 7.11 Å². The predicted molar refractivity (Wildman–Crippen MR) is 155 cm³/mol. The maximum atomic E-state index is 15.1. The number of halogens is 3. The first-order valence-corrected chi connectivity index (χ1v) is 13.9. The largest absolute Gasteiger partial charge is 0.495 e. The van der Waals surface area contributed by atoms with E-state index in [1.165, 1.54) is 11.8 Å². The molecule has 1 unspecified atom stereocenters. The van der Waals surface area contributed by atoms with E-state index in [0.29, 0.717) is 22.5 Å². The summed E-state index contributed by atoms with van der Waals surface area (Å²) in [6, 6.07) is 16.0. The second-order valence-corrected chi connectivity index (χ2v) is 11.4. The number of anilines is 1. The van der Waals surface area contributed by atoms with Crippen LogP contribution in [0.3, 0.4) is 0 Å². The van der Waals surface area contributed by atoms with Crippen LogP contribution >= 0.6 is 23.4 Å². The number of H-pyrrole nitrogens is 1. The monoisotopic (exact) mass is 584 g/mol. The van der Waals surface area contributed by atoms with Gasteiger partial charge in [-0.1, -0.05) is 66.1 Å². The number of aliphatic imine (C=N–C) groups is 1. The van der Waals surface area contributed by atoms with Gasteiger partial charge in [-0.3, -0.25) is 14.5 Å². The molecule has 4 aromatic rings. The number of rotatable bonds is 7. The molecule has 40 heavy (non-hydrogen) atoms. The zero-order chi connectivity index (χ0) is 28.6. The molecule has 0 spiro atoms. The van der Waals surface area contributed by atoms with Crippen molar-refractivity contribution in [2.75, 3.05) is 18.6 Å². The lowest BCUT2D eigenvalue weighted by Gasteiger charge is -2.39. The van der Waals surface area contributed by atoms with Crippen molar-refractivity contribution in [3.8, 4) is 17.1 Å². The topological polar surface area (TPSA) is 83.7 Å². The molecular formula is C29H27ClF2N4O3S. The van der Waals surface area contributed by atoms with E-state index in [2.05, 4.69) is 33.4 Å². The normalized spacial score (nSPS) is 15.4. The van der Waals surface area contributed by atoms with E-state index >= 15 is 8.78 Å². The van der Waals surface area contributed by atoms with Gasteiger partial charge in [0.25, 0.3) is 0 Å². The van der Waals surface area contributed by atoms with E-state index in [-0.39, 0.29) is 28.7 Å². The van der Waals surface area contributed by atoms with Crippen molar-refractivity contribution in [3.63, 3.8) is 0 Å². The third kappa shape index (κ3) is 5.38. The highest BCUT2D eigenvalue weighted by atomic mass is 35.5. The highest BCUT2D eigenvalue weighted by Crippen LogP contribution is 2.41. The number of amidine groups is 1. The Morgan fingerprint density at radius 1 is 1.15 bits per heavy atom. The number of ether oxygens (including phenoxy) is 1. The number of benzene rings is 3. The Balaban J connectivity index is 1.44. The van der Waals surface area contributed by atoms with Crippen LogP contribution in [0.15, 0.2) is 68.9 Å². The van der Waals surface area contributed by atoms with Crippen LogP contribution < -0.4 is 15.4 Å².